The first kappa shape index (κ1) is 13.1. The molecule has 0 saturated heterocycles. The van der Waals surface area contributed by atoms with Crippen LogP contribution in [-0.2, 0) is 18.4 Å². The first-order valence-corrected chi connectivity index (χ1v) is 7.32. The van der Waals surface area contributed by atoms with E-state index < -0.39 is 5.54 Å². The highest BCUT2D eigenvalue weighted by molar-refractivity contribution is 5.48. The molecule has 1 aliphatic carbocycles. The molecular formula is C19H21N. The van der Waals surface area contributed by atoms with Crippen molar-refractivity contribution < 1.29 is 0 Å². The zero-order valence-corrected chi connectivity index (χ0v) is 11.8. The van der Waals surface area contributed by atoms with Crippen LogP contribution in [0.4, 0.5) is 0 Å². The molecule has 0 aromatic heterocycles. The molecule has 0 unspecified atom stereocenters. The summed E-state index contributed by atoms with van der Waals surface area (Å²) < 4.78 is 0. The van der Waals surface area contributed by atoms with Gasteiger partial charge in [0, 0.05) is 0 Å². The van der Waals surface area contributed by atoms with E-state index in [4.69, 9.17) is 5.73 Å². The van der Waals surface area contributed by atoms with Crippen LogP contribution in [0.2, 0.25) is 0 Å². The van der Waals surface area contributed by atoms with Crippen LogP contribution in [0.25, 0.3) is 0 Å². The molecule has 2 aromatic rings. The fourth-order valence-corrected chi connectivity index (χ4v) is 3.36. The third kappa shape index (κ3) is 2.08. The summed E-state index contributed by atoms with van der Waals surface area (Å²) in [5.74, 6) is 0. The van der Waals surface area contributed by atoms with Crippen LogP contribution in [0, 0.1) is 0 Å². The van der Waals surface area contributed by atoms with Crippen LogP contribution in [0.5, 0.6) is 0 Å². The van der Waals surface area contributed by atoms with E-state index in [1.807, 2.05) is 6.08 Å². The summed E-state index contributed by atoms with van der Waals surface area (Å²) in [6.45, 7) is 3.86. The summed E-state index contributed by atoms with van der Waals surface area (Å²) in [6, 6.07) is 17.3. The predicted octanol–water partition coefficient (Wildman–Crippen LogP) is 3.95. The molecule has 0 amide bonds. The lowest BCUT2D eigenvalue weighted by atomic mass is 9.78. The van der Waals surface area contributed by atoms with Gasteiger partial charge >= 0.3 is 0 Å². The molecule has 2 N–H and O–H groups in total. The molecule has 1 aliphatic rings. The van der Waals surface area contributed by atoms with E-state index in [1.54, 1.807) is 0 Å². The molecule has 0 spiro atoms. The van der Waals surface area contributed by atoms with Crippen molar-refractivity contribution in [3.05, 3.63) is 83.4 Å². The van der Waals surface area contributed by atoms with Crippen molar-refractivity contribution in [1.82, 2.24) is 0 Å². The molecule has 20 heavy (non-hydrogen) atoms. The van der Waals surface area contributed by atoms with Gasteiger partial charge in [0.1, 0.15) is 0 Å². The summed E-state index contributed by atoms with van der Waals surface area (Å²) in [6.07, 6.45) is 5.94. The van der Waals surface area contributed by atoms with Gasteiger partial charge in [0.05, 0.1) is 5.54 Å². The molecule has 0 radical (unpaired) electrons. The second-order valence-corrected chi connectivity index (χ2v) is 5.61. The topological polar surface area (TPSA) is 26.0 Å². The Morgan fingerprint density at radius 3 is 1.95 bits per heavy atom. The lowest BCUT2D eigenvalue weighted by Crippen LogP contribution is -2.38. The quantitative estimate of drug-likeness (QED) is 0.834. The maximum atomic E-state index is 6.92. The molecule has 2 aromatic carbocycles. The first-order chi connectivity index (χ1) is 9.75. The smallest absolute Gasteiger partial charge is 0.0673 e. The van der Waals surface area contributed by atoms with Crippen molar-refractivity contribution in [2.24, 2.45) is 5.73 Å². The number of hydrogen-bond acceptors (Lipinski definition) is 1. The van der Waals surface area contributed by atoms with E-state index in [2.05, 4.69) is 55.1 Å². The van der Waals surface area contributed by atoms with Crippen LogP contribution in [0.1, 0.15) is 35.1 Å². The molecule has 0 heterocycles. The van der Waals surface area contributed by atoms with Crippen molar-refractivity contribution in [2.45, 2.75) is 31.2 Å². The maximum absolute atomic E-state index is 6.92. The third-order valence-electron chi connectivity index (χ3n) is 4.40. The number of nitrogens with two attached hydrogens (primary N) is 1. The van der Waals surface area contributed by atoms with E-state index in [0.29, 0.717) is 0 Å². The maximum Gasteiger partial charge on any atom is 0.0673 e. The minimum absolute atomic E-state index is 0.391. The molecule has 0 saturated carbocycles. The van der Waals surface area contributed by atoms with Gasteiger partial charge < -0.3 is 5.73 Å². The van der Waals surface area contributed by atoms with Crippen molar-refractivity contribution >= 4 is 0 Å². The highest BCUT2D eigenvalue weighted by Gasteiger charge is 2.34. The van der Waals surface area contributed by atoms with E-state index in [-0.39, 0.29) is 0 Å². The highest BCUT2D eigenvalue weighted by atomic mass is 14.8. The minimum Gasteiger partial charge on any atom is -0.318 e. The lowest BCUT2D eigenvalue weighted by Gasteiger charge is -2.32. The fraction of sp³-hybridized carbons (Fsp3) is 0.263. The lowest BCUT2D eigenvalue weighted by molar-refractivity contribution is 0.495. The Morgan fingerprint density at radius 1 is 0.950 bits per heavy atom. The average Bonchev–Trinajstić information content (AvgIpc) is 2.62. The summed E-state index contributed by atoms with van der Waals surface area (Å²) in [7, 11) is 0. The Morgan fingerprint density at radius 2 is 1.45 bits per heavy atom. The first-order valence-electron chi connectivity index (χ1n) is 7.32. The zero-order valence-electron chi connectivity index (χ0n) is 11.8. The number of aryl methyl sites for hydroxylation is 2. The molecular weight excluding hydrogens is 242 g/mol. The van der Waals surface area contributed by atoms with Crippen LogP contribution in [0.3, 0.4) is 0 Å². The van der Waals surface area contributed by atoms with Gasteiger partial charge in [-0.15, -0.1) is 6.58 Å². The molecule has 3 rings (SSSR count). The predicted molar refractivity (Wildman–Crippen MR) is 84.7 cm³/mol. The van der Waals surface area contributed by atoms with Gasteiger partial charge in [0.15, 0.2) is 0 Å². The van der Waals surface area contributed by atoms with Crippen molar-refractivity contribution in [2.75, 3.05) is 0 Å². The number of rotatable bonds is 3. The Kier molecular flexibility index (Phi) is 3.45. The van der Waals surface area contributed by atoms with Gasteiger partial charge in [-0.3, -0.25) is 0 Å². The third-order valence-corrected chi connectivity index (χ3v) is 4.40. The molecule has 102 valence electrons. The van der Waals surface area contributed by atoms with Crippen LogP contribution < -0.4 is 5.73 Å². The number of allylic oxidation sites excluding steroid dienone is 1. The van der Waals surface area contributed by atoms with Gasteiger partial charge in [0.2, 0.25) is 0 Å². The largest absolute Gasteiger partial charge is 0.318 e. The van der Waals surface area contributed by atoms with Crippen LogP contribution in [-0.4, -0.2) is 0 Å². The summed E-state index contributed by atoms with van der Waals surface area (Å²) in [5.41, 5.74) is 11.9. The van der Waals surface area contributed by atoms with Crippen molar-refractivity contribution in [3.8, 4) is 0 Å². The summed E-state index contributed by atoms with van der Waals surface area (Å²) >= 11 is 0. The molecule has 1 heteroatoms. The number of hydrogen-bond donors (Lipinski definition) is 1. The van der Waals surface area contributed by atoms with Crippen molar-refractivity contribution in [1.29, 1.82) is 0 Å². The fourth-order valence-electron chi connectivity index (χ4n) is 3.36. The SMILES string of the molecule is C=CCCC1(N)c2ccccc2CCc2ccccc21. The van der Waals surface area contributed by atoms with Gasteiger partial charge in [0.25, 0.3) is 0 Å². The van der Waals surface area contributed by atoms with Gasteiger partial charge in [-0.2, -0.15) is 0 Å². The second-order valence-electron chi connectivity index (χ2n) is 5.61. The molecule has 0 bridgehead atoms. The van der Waals surface area contributed by atoms with Gasteiger partial charge in [-0.1, -0.05) is 54.6 Å². The normalized spacial score (nSPS) is 15.8. The van der Waals surface area contributed by atoms with Crippen LogP contribution >= 0.6 is 0 Å². The van der Waals surface area contributed by atoms with Gasteiger partial charge in [-0.05, 0) is 47.9 Å². The highest BCUT2D eigenvalue weighted by Crippen LogP contribution is 2.38. The second kappa shape index (κ2) is 5.26. The summed E-state index contributed by atoms with van der Waals surface area (Å²) in [5, 5.41) is 0. The molecule has 0 fully saturated rings. The van der Waals surface area contributed by atoms with E-state index in [0.717, 1.165) is 25.7 Å². The summed E-state index contributed by atoms with van der Waals surface area (Å²) in [4.78, 5) is 0. The number of benzene rings is 2. The molecule has 0 atom stereocenters. The Hall–Kier alpha value is -1.86. The molecule has 0 aliphatic heterocycles. The van der Waals surface area contributed by atoms with E-state index in [9.17, 15) is 0 Å². The molecule has 1 nitrogen and oxygen atoms in total. The van der Waals surface area contributed by atoms with Crippen LogP contribution in [0.15, 0.2) is 61.2 Å². The van der Waals surface area contributed by atoms with Crippen molar-refractivity contribution in [3.63, 3.8) is 0 Å². The Labute approximate surface area is 121 Å². The van der Waals surface area contributed by atoms with E-state index in [1.165, 1.54) is 22.3 Å². The minimum atomic E-state index is -0.391. The zero-order chi connectivity index (χ0) is 14.0. The van der Waals surface area contributed by atoms with E-state index >= 15 is 0 Å². The average molecular weight is 263 g/mol. The Bertz CT molecular complexity index is 580. The monoisotopic (exact) mass is 263 g/mol. The van der Waals surface area contributed by atoms with Gasteiger partial charge in [-0.25, -0.2) is 0 Å². The Balaban J connectivity index is 2.21. The standard InChI is InChI=1S/C19H21N/c1-2-3-14-19(20)17-10-6-4-8-15(17)12-13-16-9-5-7-11-18(16)19/h2,4-11H,1,3,12-14,20H2. The number of fused-ring (bicyclic) bond motifs is 2.